The topological polar surface area (TPSA) is 133 Å². The molecular formula is C49H52N8O4S2. The van der Waals surface area contributed by atoms with Gasteiger partial charge in [-0.25, -0.2) is 9.97 Å². The fourth-order valence-corrected chi connectivity index (χ4v) is 7.26. The van der Waals surface area contributed by atoms with Gasteiger partial charge in [0.1, 0.15) is 35.5 Å². The Balaban J connectivity index is 0.000000202. The van der Waals surface area contributed by atoms with Crippen LogP contribution in [-0.2, 0) is 6.61 Å². The summed E-state index contributed by atoms with van der Waals surface area (Å²) >= 11 is 10.7. The van der Waals surface area contributed by atoms with Gasteiger partial charge < -0.3 is 29.9 Å². The van der Waals surface area contributed by atoms with Gasteiger partial charge in [0.05, 0.1) is 11.1 Å². The number of aromatic nitrogens is 2. The van der Waals surface area contributed by atoms with Crippen molar-refractivity contribution >= 4 is 69.5 Å². The molecule has 0 bridgehead atoms. The van der Waals surface area contributed by atoms with Crippen LogP contribution >= 0.6 is 24.4 Å². The maximum atomic E-state index is 12.8. The second-order valence-electron chi connectivity index (χ2n) is 14.2. The van der Waals surface area contributed by atoms with E-state index in [1.165, 1.54) is 0 Å². The largest absolute Gasteiger partial charge is 0.489 e. The third kappa shape index (κ3) is 13.8. The Morgan fingerprint density at radius 1 is 0.556 bits per heavy atom. The Labute approximate surface area is 380 Å². The first-order chi connectivity index (χ1) is 30.9. The average molecular weight is 881 g/mol. The van der Waals surface area contributed by atoms with E-state index in [0.29, 0.717) is 40.9 Å². The number of hydrogen-bond donors (Lipinski definition) is 4. The molecule has 0 aliphatic carbocycles. The van der Waals surface area contributed by atoms with Crippen LogP contribution in [-0.4, -0.2) is 58.2 Å². The molecule has 2 saturated heterocycles. The number of amides is 2. The molecule has 14 heteroatoms. The molecule has 0 radical (unpaired) electrons. The third-order valence-corrected chi connectivity index (χ3v) is 10.1. The van der Waals surface area contributed by atoms with Crippen LogP contribution < -0.4 is 40.5 Å². The second-order valence-corrected chi connectivity index (χ2v) is 15.0. The molecule has 324 valence electrons. The van der Waals surface area contributed by atoms with Crippen LogP contribution in [0.5, 0.6) is 17.2 Å². The van der Waals surface area contributed by atoms with E-state index in [1.807, 2.05) is 123 Å². The number of nitrogens with zero attached hydrogens (tertiary/aromatic N) is 4. The van der Waals surface area contributed by atoms with Crippen LogP contribution in [0.15, 0.2) is 146 Å². The Kier molecular flexibility index (Phi) is 17.3. The van der Waals surface area contributed by atoms with Crippen molar-refractivity contribution in [1.29, 1.82) is 0 Å². The van der Waals surface area contributed by atoms with Crippen LogP contribution in [0.3, 0.4) is 0 Å². The highest BCUT2D eigenvalue weighted by atomic mass is 32.1. The van der Waals surface area contributed by atoms with Gasteiger partial charge in [-0.1, -0.05) is 74.5 Å². The first-order valence-electron chi connectivity index (χ1n) is 21.1. The maximum absolute atomic E-state index is 12.8. The molecule has 4 aromatic carbocycles. The molecular weight excluding hydrogens is 829 g/mol. The summed E-state index contributed by atoms with van der Waals surface area (Å²) in [5.41, 5.74) is 3.59. The molecule has 0 saturated carbocycles. The van der Waals surface area contributed by atoms with E-state index in [4.69, 9.17) is 33.9 Å². The number of rotatable bonds is 11. The summed E-state index contributed by atoms with van der Waals surface area (Å²) in [7, 11) is 0. The van der Waals surface area contributed by atoms with Crippen molar-refractivity contribution in [2.75, 3.05) is 46.6 Å². The fraction of sp³-hybridized carbons (Fsp3) is 0.224. The lowest BCUT2D eigenvalue weighted by molar-refractivity contribution is 0.0969. The molecule has 0 atom stereocenters. The van der Waals surface area contributed by atoms with Crippen molar-refractivity contribution in [2.45, 2.75) is 46.1 Å². The summed E-state index contributed by atoms with van der Waals surface area (Å²) in [6.07, 6.45) is 7.86. The monoisotopic (exact) mass is 880 g/mol. The molecule has 2 amide bonds. The number of thiocarbonyl (C=S) groups is 2. The molecule has 0 spiro atoms. The predicted octanol–water partition coefficient (Wildman–Crippen LogP) is 10.0. The smallest absolute Gasteiger partial charge is 0.261 e. The van der Waals surface area contributed by atoms with Gasteiger partial charge in [-0.15, -0.1) is 0 Å². The lowest BCUT2D eigenvalue weighted by Gasteiger charge is -2.19. The Morgan fingerprint density at radius 2 is 1.00 bits per heavy atom. The number of nitrogens with one attached hydrogen (secondary N) is 4. The first-order valence-corrected chi connectivity index (χ1v) is 21.9. The van der Waals surface area contributed by atoms with Gasteiger partial charge in [-0.05, 0) is 116 Å². The zero-order valence-corrected chi connectivity index (χ0v) is 37.1. The average Bonchev–Trinajstić information content (AvgIpc) is 4.07. The zero-order valence-electron chi connectivity index (χ0n) is 35.5. The Morgan fingerprint density at radius 3 is 1.51 bits per heavy atom. The van der Waals surface area contributed by atoms with Crippen LogP contribution in [0, 0.1) is 0 Å². The number of para-hydroxylation sites is 1. The Hall–Kier alpha value is -6.90. The van der Waals surface area contributed by atoms with Crippen LogP contribution in [0.2, 0.25) is 0 Å². The van der Waals surface area contributed by atoms with E-state index in [1.54, 1.807) is 36.7 Å². The number of hydrogen-bond acceptors (Lipinski definition) is 10. The van der Waals surface area contributed by atoms with Crippen molar-refractivity contribution in [3.63, 3.8) is 0 Å². The summed E-state index contributed by atoms with van der Waals surface area (Å²) in [4.78, 5) is 38.7. The van der Waals surface area contributed by atoms with Gasteiger partial charge >= 0.3 is 0 Å². The van der Waals surface area contributed by atoms with Crippen LogP contribution in [0.1, 0.15) is 65.8 Å². The van der Waals surface area contributed by atoms with E-state index in [-0.39, 0.29) is 22.0 Å². The van der Waals surface area contributed by atoms with Crippen LogP contribution in [0.25, 0.3) is 0 Å². The summed E-state index contributed by atoms with van der Waals surface area (Å²) in [6, 6.07) is 41.4. The van der Waals surface area contributed by atoms with Crippen molar-refractivity contribution in [2.24, 2.45) is 0 Å². The molecule has 12 nitrogen and oxygen atoms in total. The first kappa shape index (κ1) is 45.6. The molecule has 0 unspecified atom stereocenters. The minimum absolute atomic E-state index is 0.216. The lowest BCUT2D eigenvalue weighted by atomic mass is 10.2. The molecule has 6 aromatic rings. The lowest BCUT2D eigenvalue weighted by Crippen LogP contribution is -2.35. The number of anilines is 4. The molecule has 4 heterocycles. The van der Waals surface area contributed by atoms with Gasteiger partial charge in [-0.2, -0.15) is 0 Å². The zero-order chi connectivity index (χ0) is 44.2. The van der Waals surface area contributed by atoms with Crippen molar-refractivity contribution < 1.29 is 19.1 Å². The summed E-state index contributed by atoms with van der Waals surface area (Å²) in [5, 5.41) is 12.0. The van der Waals surface area contributed by atoms with E-state index in [2.05, 4.69) is 41.0 Å². The van der Waals surface area contributed by atoms with E-state index in [9.17, 15) is 9.59 Å². The number of benzene rings is 4. The highest BCUT2D eigenvalue weighted by Crippen LogP contribution is 2.26. The van der Waals surface area contributed by atoms with Crippen molar-refractivity contribution in [3.8, 4) is 17.2 Å². The highest BCUT2D eigenvalue weighted by molar-refractivity contribution is 7.80. The standard InChI is InChI=1S/C24H24N4O2S.C23H22N4O2S.C2H6/c29-23(21-12-7-13-25-22(21)28-14-4-5-15-28)27-24(31)26-19-10-6-11-20(16-19)30-17-18-8-2-1-3-9-18;28-22(20-12-7-13-24-21(20)27-14-4-5-15-27)26-23(30)25-17-8-6-11-19(16-17)29-18-9-2-1-3-10-18;1-2/h1-3,6-13,16H,4-5,14-15,17H2,(H2,26,27,29,31);1-3,6-13,16H,4-5,14-15H2,(H2,25,26,28,30);1-2H3. The molecule has 63 heavy (non-hydrogen) atoms. The minimum atomic E-state index is -0.279. The van der Waals surface area contributed by atoms with E-state index < -0.39 is 0 Å². The predicted molar refractivity (Wildman–Crippen MR) is 260 cm³/mol. The molecule has 4 N–H and O–H groups in total. The Bertz CT molecular complexity index is 2430. The number of ether oxygens (including phenoxy) is 2. The van der Waals surface area contributed by atoms with Gasteiger partial charge in [0, 0.05) is 62.1 Å². The molecule has 2 aliphatic heterocycles. The van der Waals surface area contributed by atoms with Crippen molar-refractivity contribution in [3.05, 3.63) is 163 Å². The maximum Gasteiger partial charge on any atom is 0.261 e. The van der Waals surface area contributed by atoms with E-state index >= 15 is 0 Å². The highest BCUT2D eigenvalue weighted by Gasteiger charge is 2.22. The quantitative estimate of drug-likeness (QED) is 0.0924. The van der Waals surface area contributed by atoms with E-state index in [0.717, 1.165) is 74.6 Å². The molecule has 2 fully saturated rings. The molecule has 2 aliphatic rings. The third-order valence-electron chi connectivity index (χ3n) is 9.74. The van der Waals surface area contributed by atoms with Crippen LogP contribution in [0.4, 0.5) is 23.0 Å². The number of carbonyl (C=O) groups is 2. The van der Waals surface area contributed by atoms with Gasteiger partial charge in [-0.3, -0.25) is 20.2 Å². The van der Waals surface area contributed by atoms with Crippen molar-refractivity contribution in [1.82, 2.24) is 20.6 Å². The van der Waals surface area contributed by atoms with Gasteiger partial charge in [0.2, 0.25) is 0 Å². The summed E-state index contributed by atoms with van der Waals surface area (Å²) in [6.45, 7) is 8.12. The fourth-order valence-electron chi connectivity index (χ4n) is 6.84. The summed E-state index contributed by atoms with van der Waals surface area (Å²) in [5.74, 6) is 2.99. The normalized spacial score (nSPS) is 12.7. The molecule has 8 rings (SSSR count). The number of pyridine rings is 2. The van der Waals surface area contributed by atoms with Gasteiger partial charge in [0.15, 0.2) is 10.2 Å². The SMILES string of the molecule is CC.O=C(NC(=S)Nc1cccc(OCc2ccccc2)c1)c1cccnc1N1CCCC1.O=C(NC(=S)Nc1cccc(Oc2ccccc2)c1)c1cccnc1N1CCCC1. The number of carbonyl (C=O) groups excluding carboxylic acids is 2. The minimum Gasteiger partial charge on any atom is -0.489 e. The summed E-state index contributed by atoms with van der Waals surface area (Å²) < 4.78 is 11.7. The molecule has 2 aromatic heterocycles. The van der Waals surface area contributed by atoms with Gasteiger partial charge in [0.25, 0.3) is 11.8 Å². The second kappa shape index (κ2) is 23.9.